The molecule has 1 aliphatic heterocycles. The molecule has 1 heterocycles. The van der Waals surface area contributed by atoms with Crippen LogP contribution in [-0.2, 0) is 17.6 Å². The summed E-state index contributed by atoms with van der Waals surface area (Å²) < 4.78 is 0. The van der Waals surface area contributed by atoms with Crippen molar-refractivity contribution in [1.82, 2.24) is 10.2 Å². The Kier molecular flexibility index (Phi) is 6.02. The first kappa shape index (κ1) is 16.7. The van der Waals surface area contributed by atoms with E-state index in [-0.39, 0.29) is 11.9 Å². The third-order valence-corrected chi connectivity index (χ3v) is 4.57. The number of nitrogens with one attached hydrogen (secondary N) is 1. The van der Waals surface area contributed by atoms with Crippen LogP contribution in [0.25, 0.3) is 0 Å². The molecule has 3 rings (SSSR count). The number of piperazine rings is 1. The van der Waals surface area contributed by atoms with E-state index in [1.165, 1.54) is 17.5 Å². The number of unbranched alkanes of at least 4 members (excludes halogenated alkanes) is 1. The third kappa shape index (κ3) is 5.20. The number of nitrogens with zero attached hydrogens (tertiary/aromatic N) is 1. The van der Waals surface area contributed by atoms with Crippen LogP contribution in [0.5, 0.6) is 0 Å². The second-order valence-corrected chi connectivity index (χ2v) is 6.63. The van der Waals surface area contributed by atoms with E-state index in [2.05, 4.69) is 64.8 Å². The summed E-state index contributed by atoms with van der Waals surface area (Å²) in [6.07, 6.45) is 4.34. The largest absolute Gasteiger partial charge is 0.351 e. The van der Waals surface area contributed by atoms with Crippen molar-refractivity contribution in [3.05, 3.63) is 71.8 Å². The number of carbonyl (C=O) groups is 1. The monoisotopic (exact) mass is 322 g/mol. The van der Waals surface area contributed by atoms with E-state index in [4.69, 9.17) is 0 Å². The smallest absolute Gasteiger partial charge is 0.234 e. The minimum absolute atomic E-state index is 0.158. The molecule has 3 nitrogen and oxygen atoms in total. The number of hydrogen-bond acceptors (Lipinski definition) is 2. The standard InChI is InChI=1S/C21H26N2O/c24-21-17-23(14-8-7-11-18-9-3-1-4-10-18)16-20(22-21)15-19-12-5-2-6-13-19/h1-6,9-10,12-13,20H,7-8,11,14-17H2,(H,22,24)/t20-/m0/s1. The van der Waals surface area contributed by atoms with E-state index in [0.717, 1.165) is 32.4 Å². The molecule has 1 saturated heterocycles. The lowest BCUT2D eigenvalue weighted by atomic mass is 10.0. The zero-order valence-electron chi connectivity index (χ0n) is 14.2. The van der Waals surface area contributed by atoms with E-state index in [0.29, 0.717) is 6.54 Å². The van der Waals surface area contributed by atoms with E-state index < -0.39 is 0 Å². The van der Waals surface area contributed by atoms with Gasteiger partial charge in [0.2, 0.25) is 5.91 Å². The van der Waals surface area contributed by atoms with Crippen LogP contribution in [0.3, 0.4) is 0 Å². The van der Waals surface area contributed by atoms with Gasteiger partial charge in [0.15, 0.2) is 0 Å². The van der Waals surface area contributed by atoms with Gasteiger partial charge < -0.3 is 5.32 Å². The Balaban J connectivity index is 1.43. The first-order valence-electron chi connectivity index (χ1n) is 8.89. The van der Waals surface area contributed by atoms with E-state index in [1.807, 2.05) is 6.07 Å². The summed E-state index contributed by atoms with van der Waals surface area (Å²) >= 11 is 0. The highest BCUT2D eigenvalue weighted by molar-refractivity contribution is 5.79. The number of carbonyl (C=O) groups excluding carboxylic acids is 1. The van der Waals surface area contributed by atoms with Crippen LogP contribution in [0.4, 0.5) is 0 Å². The molecular weight excluding hydrogens is 296 g/mol. The minimum Gasteiger partial charge on any atom is -0.351 e. The first-order valence-corrected chi connectivity index (χ1v) is 8.89. The fourth-order valence-electron chi connectivity index (χ4n) is 3.39. The normalized spacial score (nSPS) is 18.3. The van der Waals surface area contributed by atoms with Crippen molar-refractivity contribution in [2.24, 2.45) is 0 Å². The maximum atomic E-state index is 12.0. The Morgan fingerprint density at radius 3 is 2.29 bits per heavy atom. The van der Waals surface area contributed by atoms with Gasteiger partial charge in [-0.05, 0) is 43.4 Å². The van der Waals surface area contributed by atoms with Crippen molar-refractivity contribution in [3.63, 3.8) is 0 Å². The SMILES string of the molecule is O=C1CN(CCCCc2ccccc2)C[C@H](Cc2ccccc2)N1. The second kappa shape index (κ2) is 8.65. The van der Waals surface area contributed by atoms with Crippen LogP contribution in [0.15, 0.2) is 60.7 Å². The van der Waals surface area contributed by atoms with Gasteiger partial charge in [-0.15, -0.1) is 0 Å². The number of aryl methyl sites for hydroxylation is 1. The number of hydrogen-bond donors (Lipinski definition) is 1. The molecule has 1 atom stereocenters. The summed E-state index contributed by atoms with van der Waals surface area (Å²) in [5, 5.41) is 3.13. The van der Waals surface area contributed by atoms with Gasteiger partial charge in [0.25, 0.3) is 0 Å². The fourth-order valence-corrected chi connectivity index (χ4v) is 3.39. The molecule has 1 amide bonds. The lowest BCUT2D eigenvalue weighted by Gasteiger charge is -2.33. The molecule has 0 bridgehead atoms. The van der Waals surface area contributed by atoms with Crippen molar-refractivity contribution in [2.45, 2.75) is 31.7 Å². The lowest BCUT2D eigenvalue weighted by molar-refractivity contribution is -0.125. The summed E-state index contributed by atoms with van der Waals surface area (Å²) in [6, 6.07) is 21.2. The second-order valence-electron chi connectivity index (χ2n) is 6.63. The molecule has 0 saturated carbocycles. The zero-order chi connectivity index (χ0) is 16.6. The van der Waals surface area contributed by atoms with Crippen molar-refractivity contribution in [2.75, 3.05) is 19.6 Å². The van der Waals surface area contributed by atoms with Crippen LogP contribution < -0.4 is 5.32 Å². The van der Waals surface area contributed by atoms with Crippen LogP contribution in [0.2, 0.25) is 0 Å². The van der Waals surface area contributed by atoms with E-state index in [9.17, 15) is 4.79 Å². The highest BCUT2D eigenvalue weighted by Gasteiger charge is 2.24. The van der Waals surface area contributed by atoms with Gasteiger partial charge in [0.05, 0.1) is 6.54 Å². The van der Waals surface area contributed by atoms with Crippen molar-refractivity contribution < 1.29 is 4.79 Å². The third-order valence-electron chi connectivity index (χ3n) is 4.57. The molecular formula is C21H26N2O. The Morgan fingerprint density at radius 2 is 1.58 bits per heavy atom. The van der Waals surface area contributed by atoms with Gasteiger partial charge in [-0.3, -0.25) is 9.69 Å². The maximum absolute atomic E-state index is 12.0. The zero-order valence-corrected chi connectivity index (χ0v) is 14.2. The summed E-state index contributed by atoms with van der Waals surface area (Å²) in [4.78, 5) is 14.3. The summed E-state index contributed by atoms with van der Waals surface area (Å²) in [7, 11) is 0. The summed E-state index contributed by atoms with van der Waals surface area (Å²) in [6.45, 7) is 2.49. The molecule has 0 unspecified atom stereocenters. The first-order chi connectivity index (χ1) is 11.8. The molecule has 1 N–H and O–H groups in total. The van der Waals surface area contributed by atoms with Crippen LogP contribution in [-0.4, -0.2) is 36.5 Å². The Labute approximate surface area is 144 Å². The lowest BCUT2D eigenvalue weighted by Crippen LogP contribution is -2.55. The van der Waals surface area contributed by atoms with Gasteiger partial charge in [-0.25, -0.2) is 0 Å². The van der Waals surface area contributed by atoms with E-state index in [1.54, 1.807) is 0 Å². The highest BCUT2D eigenvalue weighted by atomic mass is 16.2. The van der Waals surface area contributed by atoms with Crippen molar-refractivity contribution in [3.8, 4) is 0 Å². The molecule has 3 heteroatoms. The quantitative estimate of drug-likeness (QED) is 0.795. The van der Waals surface area contributed by atoms with Crippen LogP contribution in [0.1, 0.15) is 24.0 Å². The van der Waals surface area contributed by atoms with Crippen LogP contribution >= 0.6 is 0 Å². The number of benzene rings is 2. The van der Waals surface area contributed by atoms with Crippen molar-refractivity contribution >= 4 is 5.91 Å². The average Bonchev–Trinajstić information content (AvgIpc) is 2.60. The van der Waals surface area contributed by atoms with Gasteiger partial charge in [0, 0.05) is 12.6 Å². The highest BCUT2D eigenvalue weighted by Crippen LogP contribution is 2.10. The Hall–Kier alpha value is -2.13. The van der Waals surface area contributed by atoms with Gasteiger partial charge in [-0.2, -0.15) is 0 Å². The van der Waals surface area contributed by atoms with Gasteiger partial charge in [-0.1, -0.05) is 60.7 Å². The van der Waals surface area contributed by atoms with Crippen molar-refractivity contribution in [1.29, 1.82) is 0 Å². The summed E-state index contributed by atoms with van der Waals surface area (Å²) in [5.41, 5.74) is 2.68. The molecule has 0 radical (unpaired) electrons. The number of amides is 1. The van der Waals surface area contributed by atoms with E-state index >= 15 is 0 Å². The average molecular weight is 322 g/mol. The van der Waals surface area contributed by atoms with Crippen LogP contribution in [0, 0.1) is 0 Å². The molecule has 0 aromatic heterocycles. The Morgan fingerprint density at radius 1 is 0.917 bits per heavy atom. The molecule has 0 aliphatic carbocycles. The molecule has 1 aliphatic rings. The molecule has 24 heavy (non-hydrogen) atoms. The molecule has 2 aromatic carbocycles. The topological polar surface area (TPSA) is 32.3 Å². The summed E-state index contributed by atoms with van der Waals surface area (Å²) in [5.74, 6) is 0.158. The van der Waals surface area contributed by atoms with Gasteiger partial charge in [0.1, 0.15) is 0 Å². The van der Waals surface area contributed by atoms with Gasteiger partial charge >= 0.3 is 0 Å². The predicted octanol–water partition coefficient (Wildman–Crippen LogP) is 3.05. The molecule has 126 valence electrons. The molecule has 2 aromatic rings. The molecule has 0 spiro atoms. The Bertz CT molecular complexity index is 627. The fraction of sp³-hybridized carbons (Fsp3) is 0.381. The minimum atomic E-state index is 0.158. The molecule has 1 fully saturated rings. The number of rotatable bonds is 7. The predicted molar refractivity (Wildman–Crippen MR) is 97.9 cm³/mol. The maximum Gasteiger partial charge on any atom is 0.234 e.